The van der Waals surface area contributed by atoms with Crippen molar-refractivity contribution in [2.24, 2.45) is 0 Å². The monoisotopic (exact) mass is 300 g/mol. The molecule has 108 valence electrons. The van der Waals surface area contributed by atoms with Gasteiger partial charge in [-0.1, -0.05) is 19.1 Å². The normalized spacial score (nSPS) is 13.4. The van der Waals surface area contributed by atoms with E-state index in [2.05, 4.69) is 10.3 Å². The zero-order valence-electron chi connectivity index (χ0n) is 11.2. The zero-order valence-corrected chi connectivity index (χ0v) is 12.0. The molecule has 1 aromatic heterocycles. The van der Waals surface area contributed by atoms with Gasteiger partial charge in [-0.05, 0) is 25.6 Å². The van der Waals surface area contributed by atoms with Crippen LogP contribution >= 0.6 is 11.3 Å². The fourth-order valence-corrected chi connectivity index (χ4v) is 2.75. The van der Waals surface area contributed by atoms with E-state index >= 15 is 0 Å². The first-order chi connectivity index (χ1) is 9.41. The SMILES string of the molecule is CCNC(C)c1csc(-c2ccc(C(F)(F)F)cc2)n1. The molecule has 2 aromatic rings. The molecule has 1 N–H and O–H groups in total. The summed E-state index contributed by atoms with van der Waals surface area (Å²) in [7, 11) is 0. The first-order valence-corrected chi connectivity index (χ1v) is 7.16. The van der Waals surface area contributed by atoms with Gasteiger partial charge < -0.3 is 5.32 Å². The molecule has 1 atom stereocenters. The Morgan fingerprint density at radius 3 is 2.45 bits per heavy atom. The molecule has 0 spiro atoms. The second-order valence-electron chi connectivity index (χ2n) is 4.43. The molecular formula is C14H15F3N2S. The standard InChI is InChI=1S/C14H15F3N2S/c1-3-18-9(2)12-8-20-13(19-12)10-4-6-11(7-5-10)14(15,16)17/h4-9,18H,3H2,1-2H3. The Morgan fingerprint density at radius 1 is 1.25 bits per heavy atom. The van der Waals surface area contributed by atoms with E-state index in [-0.39, 0.29) is 6.04 Å². The van der Waals surface area contributed by atoms with E-state index in [0.29, 0.717) is 5.56 Å². The van der Waals surface area contributed by atoms with Crippen molar-refractivity contribution in [2.75, 3.05) is 6.54 Å². The van der Waals surface area contributed by atoms with E-state index < -0.39 is 11.7 Å². The number of alkyl halides is 3. The highest BCUT2D eigenvalue weighted by Gasteiger charge is 2.30. The molecule has 0 saturated heterocycles. The number of aromatic nitrogens is 1. The lowest BCUT2D eigenvalue weighted by Gasteiger charge is -2.08. The molecule has 0 radical (unpaired) electrons. The van der Waals surface area contributed by atoms with E-state index in [4.69, 9.17) is 0 Å². The molecule has 2 nitrogen and oxygen atoms in total. The van der Waals surface area contributed by atoms with Gasteiger partial charge in [-0.2, -0.15) is 13.2 Å². The Morgan fingerprint density at radius 2 is 1.90 bits per heavy atom. The number of benzene rings is 1. The molecule has 0 bridgehead atoms. The van der Waals surface area contributed by atoms with Crippen molar-refractivity contribution < 1.29 is 13.2 Å². The molecular weight excluding hydrogens is 285 g/mol. The number of nitrogens with zero attached hydrogens (tertiary/aromatic N) is 1. The van der Waals surface area contributed by atoms with Crippen molar-refractivity contribution in [3.05, 3.63) is 40.9 Å². The highest BCUT2D eigenvalue weighted by molar-refractivity contribution is 7.13. The third kappa shape index (κ3) is 3.37. The quantitative estimate of drug-likeness (QED) is 0.899. The van der Waals surface area contributed by atoms with Crippen molar-refractivity contribution in [1.82, 2.24) is 10.3 Å². The lowest BCUT2D eigenvalue weighted by atomic mass is 10.1. The maximum atomic E-state index is 12.5. The average Bonchev–Trinajstić information content (AvgIpc) is 2.88. The molecule has 0 amide bonds. The van der Waals surface area contributed by atoms with Crippen LogP contribution in [0.1, 0.15) is 31.1 Å². The van der Waals surface area contributed by atoms with Gasteiger partial charge in [0.2, 0.25) is 0 Å². The molecule has 0 aliphatic heterocycles. The maximum absolute atomic E-state index is 12.5. The number of hydrogen-bond acceptors (Lipinski definition) is 3. The van der Waals surface area contributed by atoms with Crippen LogP contribution < -0.4 is 5.32 Å². The van der Waals surface area contributed by atoms with E-state index in [9.17, 15) is 13.2 Å². The van der Waals surface area contributed by atoms with Gasteiger partial charge in [-0.25, -0.2) is 4.98 Å². The highest BCUT2D eigenvalue weighted by atomic mass is 32.1. The smallest absolute Gasteiger partial charge is 0.309 e. The van der Waals surface area contributed by atoms with E-state index in [1.807, 2.05) is 19.2 Å². The first kappa shape index (κ1) is 15.0. The number of halogens is 3. The summed E-state index contributed by atoms with van der Waals surface area (Å²) in [5, 5.41) is 5.92. The van der Waals surface area contributed by atoms with Crippen LogP contribution in [0.5, 0.6) is 0 Å². The summed E-state index contributed by atoms with van der Waals surface area (Å²) < 4.78 is 37.5. The highest BCUT2D eigenvalue weighted by Crippen LogP contribution is 2.32. The molecule has 20 heavy (non-hydrogen) atoms. The van der Waals surface area contributed by atoms with Crippen LogP contribution in [0.2, 0.25) is 0 Å². The lowest BCUT2D eigenvalue weighted by molar-refractivity contribution is -0.137. The molecule has 6 heteroatoms. The van der Waals surface area contributed by atoms with Crippen LogP contribution in [0.15, 0.2) is 29.6 Å². The summed E-state index contributed by atoms with van der Waals surface area (Å²) in [5.74, 6) is 0. The fraction of sp³-hybridized carbons (Fsp3) is 0.357. The topological polar surface area (TPSA) is 24.9 Å². The molecule has 0 fully saturated rings. The molecule has 1 heterocycles. The summed E-state index contributed by atoms with van der Waals surface area (Å²) in [5.41, 5.74) is 0.976. The Balaban J connectivity index is 2.20. The predicted molar refractivity (Wildman–Crippen MR) is 74.6 cm³/mol. The van der Waals surface area contributed by atoms with Crippen LogP contribution in [0.25, 0.3) is 10.6 Å². The minimum Gasteiger partial charge on any atom is -0.309 e. The van der Waals surface area contributed by atoms with Gasteiger partial charge in [0.15, 0.2) is 0 Å². The van der Waals surface area contributed by atoms with Crippen molar-refractivity contribution in [3.8, 4) is 10.6 Å². The van der Waals surface area contributed by atoms with Gasteiger partial charge >= 0.3 is 6.18 Å². The zero-order chi connectivity index (χ0) is 14.8. The summed E-state index contributed by atoms with van der Waals surface area (Å²) >= 11 is 1.44. The van der Waals surface area contributed by atoms with Crippen LogP contribution in [0.4, 0.5) is 13.2 Å². The van der Waals surface area contributed by atoms with E-state index in [1.54, 1.807) is 0 Å². The summed E-state index contributed by atoms with van der Waals surface area (Å²) in [6, 6.07) is 5.24. The molecule has 1 aromatic carbocycles. The summed E-state index contributed by atoms with van der Waals surface area (Å²) in [6.07, 6.45) is -4.30. The van der Waals surface area contributed by atoms with Crippen LogP contribution in [0, 0.1) is 0 Å². The summed E-state index contributed by atoms with van der Waals surface area (Å²) in [6.45, 7) is 4.86. The number of hydrogen-bond donors (Lipinski definition) is 1. The Bertz CT molecular complexity index is 561. The lowest BCUT2D eigenvalue weighted by Crippen LogP contribution is -2.17. The fourth-order valence-electron chi connectivity index (χ4n) is 1.83. The number of nitrogens with one attached hydrogen (secondary N) is 1. The largest absolute Gasteiger partial charge is 0.416 e. The molecule has 0 aliphatic carbocycles. The van der Waals surface area contributed by atoms with Crippen LogP contribution in [-0.2, 0) is 6.18 Å². The number of rotatable bonds is 4. The number of thiazole rings is 1. The predicted octanol–water partition coefficient (Wildman–Crippen LogP) is 4.50. The Hall–Kier alpha value is -1.40. The van der Waals surface area contributed by atoms with Gasteiger partial charge in [0.25, 0.3) is 0 Å². The third-order valence-electron chi connectivity index (χ3n) is 2.94. The van der Waals surface area contributed by atoms with Gasteiger partial charge in [0, 0.05) is 17.0 Å². The van der Waals surface area contributed by atoms with Crippen LogP contribution in [0.3, 0.4) is 0 Å². The second kappa shape index (κ2) is 5.93. The molecule has 2 rings (SSSR count). The van der Waals surface area contributed by atoms with Gasteiger partial charge in [0.1, 0.15) is 5.01 Å². The van der Waals surface area contributed by atoms with E-state index in [1.165, 1.54) is 23.5 Å². The van der Waals surface area contributed by atoms with Crippen molar-refractivity contribution in [1.29, 1.82) is 0 Å². The van der Waals surface area contributed by atoms with E-state index in [0.717, 1.165) is 29.4 Å². The van der Waals surface area contributed by atoms with Crippen molar-refractivity contribution >= 4 is 11.3 Å². The summed E-state index contributed by atoms with van der Waals surface area (Å²) in [4.78, 5) is 4.47. The first-order valence-electron chi connectivity index (χ1n) is 6.28. The minimum absolute atomic E-state index is 0.138. The molecule has 1 unspecified atom stereocenters. The average molecular weight is 300 g/mol. The van der Waals surface area contributed by atoms with Crippen molar-refractivity contribution in [3.63, 3.8) is 0 Å². The molecule has 0 aliphatic rings. The minimum atomic E-state index is -4.30. The maximum Gasteiger partial charge on any atom is 0.416 e. The van der Waals surface area contributed by atoms with Gasteiger partial charge in [0.05, 0.1) is 11.3 Å². The Kier molecular flexibility index (Phi) is 4.45. The van der Waals surface area contributed by atoms with Gasteiger partial charge in [-0.15, -0.1) is 11.3 Å². The Labute approximate surface area is 119 Å². The van der Waals surface area contributed by atoms with Crippen LogP contribution in [-0.4, -0.2) is 11.5 Å². The molecule has 0 saturated carbocycles. The van der Waals surface area contributed by atoms with Gasteiger partial charge in [-0.3, -0.25) is 0 Å². The second-order valence-corrected chi connectivity index (χ2v) is 5.29. The van der Waals surface area contributed by atoms with Crippen molar-refractivity contribution in [2.45, 2.75) is 26.1 Å². The third-order valence-corrected chi connectivity index (χ3v) is 3.84.